The molecule has 1 N–H and O–H groups in total. The van der Waals surface area contributed by atoms with Crippen molar-refractivity contribution in [2.75, 3.05) is 14.1 Å². The van der Waals surface area contributed by atoms with Crippen molar-refractivity contribution < 1.29 is 14.0 Å². The summed E-state index contributed by atoms with van der Waals surface area (Å²) in [4.78, 5) is 35.0. The van der Waals surface area contributed by atoms with Gasteiger partial charge in [0.25, 0.3) is 5.91 Å². The van der Waals surface area contributed by atoms with Crippen molar-refractivity contribution in [1.82, 2.24) is 20.0 Å². The Morgan fingerprint density at radius 1 is 1.03 bits per heavy atom. The number of nitrogens with one attached hydrogen (secondary N) is 1. The molecule has 3 amide bonds. The van der Waals surface area contributed by atoms with Gasteiger partial charge < -0.3 is 19.5 Å². The maximum Gasteiger partial charge on any atom is 0.327 e. The minimum Gasteiger partial charge on any atom is -0.467 e. The van der Waals surface area contributed by atoms with Gasteiger partial charge in [-0.1, -0.05) is 42.5 Å². The van der Waals surface area contributed by atoms with Gasteiger partial charge in [-0.3, -0.25) is 9.69 Å². The van der Waals surface area contributed by atoms with Crippen LogP contribution in [0.2, 0.25) is 0 Å². The van der Waals surface area contributed by atoms with Crippen LogP contribution < -0.4 is 5.32 Å². The lowest BCUT2D eigenvalue weighted by Crippen LogP contribution is -2.65. The van der Waals surface area contributed by atoms with E-state index in [1.807, 2.05) is 35.2 Å². The number of carbonyl (C=O) groups excluding carboxylic acids is 2. The molecule has 8 heteroatoms. The summed E-state index contributed by atoms with van der Waals surface area (Å²) < 4.78 is 5.41. The first kappa shape index (κ1) is 19.2. The van der Waals surface area contributed by atoms with E-state index in [4.69, 9.17) is 9.41 Å². The zero-order valence-corrected chi connectivity index (χ0v) is 17.4. The predicted molar refractivity (Wildman–Crippen MR) is 116 cm³/mol. The number of hydrogen-bond acceptors (Lipinski definition) is 4. The average Bonchev–Trinajstić information content (AvgIpc) is 3.43. The minimum atomic E-state index is -0.568. The van der Waals surface area contributed by atoms with Crippen molar-refractivity contribution in [2.24, 2.45) is 4.99 Å². The second-order valence-electron chi connectivity index (χ2n) is 7.81. The molecule has 2 aromatic carbocycles. The molecule has 2 aliphatic rings. The van der Waals surface area contributed by atoms with Crippen LogP contribution in [0.25, 0.3) is 10.8 Å². The van der Waals surface area contributed by atoms with Gasteiger partial charge in [0.05, 0.1) is 6.26 Å². The number of aliphatic imine (C=N–C) groups is 1. The van der Waals surface area contributed by atoms with Gasteiger partial charge >= 0.3 is 6.03 Å². The Morgan fingerprint density at radius 2 is 1.84 bits per heavy atom. The second-order valence-corrected chi connectivity index (χ2v) is 7.81. The van der Waals surface area contributed by atoms with Crippen LogP contribution >= 0.6 is 0 Å². The molecular formula is C23H23N5O3. The van der Waals surface area contributed by atoms with E-state index in [9.17, 15) is 9.59 Å². The largest absolute Gasteiger partial charge is 0.467 e. The zero-order valence-electron chi connectivity index (χ0n) is 17.4. The lowest BCUT2D eigenvalue weighted by Gasteiger charge is -2.39. The number of amides is 3. The fraction of sp³-hybridized carbons (Fsp3) is 0.261. The number of rotatable bonds is 4. The monoisotopic (exact) mass is 417 g/mol. The molecule has 2 aliphatic heterocycles. The molecule has 2 atom stereocenters. The number of likely N-dealkylation sites (N-methyl/N-ethyl adjacent to an activating group) is 2. The quantitative estimate of drug-likeness (QED) is 0.706. The molecule has 2 fully saturated rings. The van der Waals surface area contributed by atoms with Gasteiger partial charge in [0.1, 0.15) is 18.5 Å². The Labute approximate surface area is 179 Å². The summed E-state index contributed by atoms with van der Waals surface area (Å²) >= 11 is 0. The van der Waals surface area contributed by atoms with E-state index in [2.05, 4.69) is 29.6 Å². The summed E-state index contributed by atoms with van der Waals surface area (Å²) in [5.74, 6) is 1.05. The third-order valence-corrected chi connectivity index (χ3v) is 5.96. The number of urea groups is 1. The van der Waals surface area contributed by atoms with Crippen LogP contribution in [0.1, 0.15) is 11.3 Å². The van der Waals surface area contributed by atoms with Crippen molar-refractivity contribution in [3.63, 3.8) is 0 Å². The molecule has 2 unspecified atom stereocenters. The van der Waals surface area contributed by atoms with Gasteiger partial charge in [-0.15, -0.1) is 0 Å². The molecule has 0 spiro atoms. The molecule has 0 saturated carbocycles. The highest BCUT2D eigenvalue weighted by molar-refractivity contribution is 6.04. The van der Waals surface area contributed by atoms with Gasteiger partial charge in [-0.25, -0.2) is 9.79 Å². The lowest BCUT2D eigenvalue weighted by atomic mass is 10.0. The molecule has 1 aromatic heterocycles. The van der Waals surface area contributed by atoms with Gasteiger partial charge in [-0.2, -0.15) is 0 Å². The molecule has 3 heterocycles. The van der Waals surface area contributed by atoms with E-state index in [1.54, 1.807) is 18.2 Å². The Balaban J connectivity index is 1.55. The predicted octanol–water partition coefficient (Wildman–Crippen LogP) is 2.61. The normalized spacial score (nSPS) is 22.4. The summed E-state index contributed by atoms with van der Waals surface area (Å²) in [6.45, 7) is 0.816. The maximum absolute atomic E-state index is 13.1. The molecule has 2 saturated heterocycles. The van der Waals surface area contributed by atoms with Crippen LogP contribution in [0.3, 0.4) is 0 Å². The Bertz CT molecular complexity index is 1170. The van der Waals surface area contributed by atoms with E-state index in [1.165, 1.54) is 11.9 Å². The van der Waals surface area contributed by atoms with Gasteiger partial charge in [0.15, 0.2) is 12.0 Å². The standard InChI is InChI=1S/C23H23N5O3/c1-26-20-19(21(29)27(2)23(26)30)28(22(25-20)24-13-17-10-6-12-31-17)14-16-9-5-8-15-7-3-4-11-18(15)16/h3-12,19-20H,13-14H2,1-2H3,(H,24,25). The minimum absolute atomic E-state index is 0.246. The van der Waals surface area contributed by atoms with Crippen molar-refractivity contribution in [3.05, 3.63) is 72.2 Å². The number of hydrogen-bond donors (Lipinski definition) is 1. The third kappa shape index (κ3) is 3.20. The highest BCUT2D eigenvalue weighted by atomic mass is 16.3. The van der Waals surface area contributed by atoms with E-state index in [0.717, 1.165) is 22.1 Å². The Hall–Kier alpha value is -3.81. The molecule has 5 rings (SSSR count). The van der Waals surface area contributed by atoms with Crippen LogP contribution in [-0.4, -0.2) is 58.9 Å². The number of imide groups is 1. The molecule has 0 bridgehead atoms. The first-order valence-corrected chi connectivity index (χ1v) is 10.2. The van der Waals surface area contributed by atoms with Gasteiger partial charge in [0.2, 0.25) is 0 Å². The maximum atomic E-state index is 13.1. The zero-order chi connectivity index (χ0) is 21.5. The topological polar surface area (TPSA) is 81.4 Å². The molecule has 8 nitrogen and oxygen atoms in total. The van der Waals surface area contributed by atoms with Crippen LogP contribution in [0.5, 0.6) is 0 Å². The number of benzene rings is 2. The molecule has 31 heavy (non-hydrogen) atoms. The molecule has 158 valence electrons. The van der Waals surface area contributed by atoms with Crippen LogP contribution in [0.4, 0.5) is 4.79 Å². The smallest absolute Gasteiger partial charge is 0.327 e. The van der Waals surface area contributed by atoms with Crippen LogP contribution in [-0.2, 0) is 17.9 Å². The van der Waals surface area contributed by atoms with E-state index in [0.29, 0.717) is 19.0 Å². The number of furan rings is 1. The van der Waals surface area contributed by atoms with Crippen molar-refractivity contribution in [1.29, 1.82) is 0 Å². The fourth-order valence-corrected chi connectivity index (χ4v) is 4.30. The summed E-state index contributed by atoms with van der Waals surface area (Å²) in [6, 6.07) is 17.1. The third-order valence-electron chi connectivity index (χ3n) is 5.96. The first-order valence-electron chi connectivity index (χ1n) is 10.2. The Kier molecular flexibility index (Phi) is 4.62. The highest BCUT2D eigenvalue weighted by Crippen LogP contribution is 2.28. The molecule has 0 radical (unpaired) electrons. The summed E-state index contributed by atoms with van der Waals surface area (Å²) in [5.41, 5.74) is 1.08. The summed E-state index contributed by atoms with van der Waals surface area (Å²) in [5, 5.41) is 5.56. The molecule has 0 aliphatic carbocycles. The van der Waals surface area contributed by atoms with E-state index < -0.39 is 12.2 Å². The van der Waals surface area contributed by atoms with Crippen LogP contribution in [0, 0.1) is 0 Å². The molecule has 3 aromatic rings. The SMILES string of the molecule is CN1C(=O)C2C(NC(=NCc3ccco3)N2Cc2cccc3ccccc23)N(C)C1=O. The highest BCUT2D eigenvalue weighted by Gasteiger charge is 2.52. The van der Waals surface area contributed by atoms with Crippen LogP contribution in [0.15, 0.2) is 70.3 Å². The van der Waals surface area contributed by atoms with E-state index >= 15 is 0 Å². The Morgan fingerprint density at radius 3 is 2.65 bits per heavy atom. The van der Waals surface area contributed by atoms with E-state index in [-0.39, 0.29) is 11.9 Å². The number of guanidine groups is 1. The first-order chi connectivity index (χ1) is 15.0. The lowest BCUT2D eigenvalue weighted by molar-refractivity contribution is -0.136. The van der Waals surface area contributed by atoms with Crippen molar-refractivity contribution in [3.8, 4) is 0 Å². The number of fused-ring (bicyclic) bond motifs is 2. The molecular weight excluding hydrogens is 394 g/mol. The van der Waals surface area contributed by atoms with Crippen molar-refractivity contribution >= 4 is 28.7 Å². The number of carbonyl (C=O) groups is 2. The second kappa shape index (κ2) is 7.46. The fourth-order valence-electron chi connectivity index (χ4n) is 4.30. The van der Waals surface area contributed by atoms with Gasteiger partial charge in [0, 0.05) is 20.6 Å². The average molecular weight is 417 g/mol. The summed E-state index contributed by atoms with van der Waals surface area (Å²) in [7, 11) is 3.22. The van der Waals surface area contributed by atoms with Gasteiger partial charge in [-0.05, 0) is 28.5 Å². The van der Waals surface area contributed by atoms with Crippen molar-refractivity contribution in [2.45, 2.75) is 25.3 Å². The summed E-state index contributed by atoms with van der Waals surface area (Å²) in [6.07, 6.45) is 1.12. The number of nitrogens with zero attached hydrogens (tertiary/aromatic N) is 4.